The summed E-state index contributed by atoms with van der Waals surface area (Å²) in [6.45, 7) is 0.582. The molecule has 0 saturated carbocycles. The van der Waals surface area contributed by atoms with Crippen molar-refractivity contribution in [2.45, 2.75) is 13.0 Å². The van der Waals surface area contributed by atoms with Crippen molar-refractivity contribution in [2.24, 2.45) is 0 Å². The van der Waals surface area contributed by atoms with Crippen LogP contribution in [0, 0.1) is 0 Å². The van der Waals surface area contributed by atoms with Gasteiger partial charge in [0.2, 0.25) is 0 Å². The van der Waals surface area contributed by atoms with Crippen LogP contribution < -0.4 is 4.74 Å². The Morgan fingerprint density at radius 2 is 1.59 bits per heavy atom. The molecule has 110 valence electrons. The third-order valence-corrected chi connectivity index (χ3v) is 3.55. The van der Waals surface area contributed by atoms with E-state index in [0.29, 0.717) is 11.6 Å². The maximum atomic E-state index is 5.95. The van der Waals surface area contributed by atoms with Crippen LogP contribution in [0.5, 0.6) is 5.75 Å². The van der Waals surface area contributed by atoms with Crippen molar-refractivity contribution < 1.29 is 4.74 Å². The van der Waals surface area contributed by atoms with Gasteiger partial charge in [-0.3, -0.25) is 4.98 Å². The summed E-state index contributed by atoms with van der Waals surface area (Å²) in [7, 11) is 0. The molecule has 0 aliphatic rings. The summed E-state index contributed by atoms with van der Waals surface area (Å²) in [5.74, 6) is 0.872. The summed E-state index contributed by atoms with van der Waals surface area (Å²) >= 11 is 5.95. The molecule has 1 aromatic heterocycles. The smallest absolute Gasteiger partial charge is 0.119 e. The molecule has 0 amide bonds. The lowest BCUT2D eigenvalue weighted by Crippen LogP contribution is -1.95. The predicted octanol–water partition coefficient (Wildman–Crippen LogP) is 4.90. The molecule has 0 atom stereocenters. The highest BCUT2D eigenvalue weighted by Crippen LogP contribution is 2.17. The summed E-state index contributed by atoms with van der Waals surface area (Å²) in [6.07, 6.45) is 4.30. The number of benzene rings is 2. The summed E-state index contributed by atoms with van der Waals surface area (Å²) < 4.78 is 5.78. The van der Waals surface area contributed by atoms with Gasteiger partial charge in [0, 0.05) is 12.4 Å². The van der Waals surface area contributed by atoms with Gasteiger partial charge in [0.15, 0.2) is 0 Å². The second kappa shape index (κ2) is 7.10. The number of halogens is 1. The molecule has 2 nitrogen and oxygen atoms in total. The van der Waals surface area contributed by atoms with E-state index in [0.717, 1.165) is 23.3 Å². The molecule has 0 spiro atoms. The van der Waals surface area contributed by atoms with E-state index >= 15 is 0 Å². The van der Waals surface area contributed by atoms with Crippen LogP contribution in [-0.2, 0) is 13.0 Å². The first-order chi connectivity index (χ1) is 10.8. The highest BCUT2D eigenvalue weighted by molar-refractivity contribution is 6.30. The van der Waals surface area contributed by atoms with E-state index in [2.05, 4.69) is 29.2 Å². The second-order valence-corrected chi connectivity index (χ2v) is 5.54. The third-order valence-electron chi connectivity index (χ3n) is 3.34. The summed E-state index contributed by atoms with van der Waals surface area (Å²) in [4.78, 5) is 4.10. The normalized spacial score (nSPS) is 10.4. The summed E-state index contributed by atoms with van der Waals surface area (Å²) in [5, 5.41) is 0.667. The van der Waals surface area contributed by atoms with E-state index in [1.54, 1.807) is 6.20 Å². The Bertz CT molecular complexity index is 726. The minimum absolute atomic E-state index is 0.582. The van der Waals surface area contributed by atoms with E-state index < -0.39 is 0 Å². The topological polar surface area (TPSA) is 22.1 Å². The minimum atomic E-state index is 0.582. The van der Waals surface area contributed by atoms with E-state index in [1.807, 2.05) is 42.6 Å². The molecule has 0 saturated heterocycles. The van der Waals surface area contributed by atoms with Crippen LogP contribution >= 0.6 is 11.6 Å². The molecular formula is C19H16ClNO. The van der Waals surface area contributed by atoms with E-state index in [4.69, 9.17) is 16.3 Å². The van der Waals surface area contributed by atoms with Crippen molar-refractivity contribution >= 4 is 11.6 Å². The Labute approximate surface area is 135 Å². The van der Waals surface area contributed by atoms with E-state index in [1.165, 1.54) is 5.56 Å². The fraction of sp³-hybridized carbons (Fsp3) is 0.105. The van der Waals surface area contributed by atoms with Gasteiger partial charge in [-0.05, 0) is 41.3 Å². The summed E-state index contributed by atoms with van der Waals surface area (Å²) in [5.41, 5.74) is 3.47. The van der Waals surface area contributed by atoms with Gasteiger partial charge in [0.1, 0.15) is 12.4 Å². The Hall–Kier alpha value is -2.32. The lowest BCUT2D eigenvalue weighted by molar-refractivity contribution is 0.306. The van der Waals surface area contributed by atoms with Gasteiger partial charge in [0.25, 0.3) is 0 Å². The van der Waals surface area contributed by atoms with Crippen LogP contribution in [-0.4, -0.2) is 4.98 Å². The maximum Gasteiger partial charge on any atom is 0.119 e. The zero-order chi connectivity index (χ0) is 15.2. The van der Waals surface area contributed by atoms with E-state index in [-0.39, 0.29) is 0 Å². The van der Waals surface area contributed by atoms with Gasteiger partial charge in [0.05, 0.1) is 5.02 Å². The van der Waals surface area contributed by atoms with Crippen LogP contribution in [0.15, 0.2) is 73.1 Å². The summed E-state index contributed by atoms with van der Waals surface area (Å²) in [6, 6.07) is 20.2. The molecule has 0 fully saturated rings. The lowest BCUT2D eigenvalue weighted by atomic mass is 10.1. The molecule has 3 aromatic rings. The molecule has 3 rings (SSSR count). The largest absolute Gasteiger partial charge is 0.489 e. The van der Waals surface area contributed by atoms with Crippen LogP contribution in [0.2, 0.25) is 5.02 Å². The Morgan fingerprint density at radius 3 is 2.32 bits per heavy atom. The fourth-order valence-electron chi connectivity index (χ4n) is 2.23. The Morgan fingerprint density at radius 1 is 0.818 bits per heavy atom. The first-order valence-electron chi connectivity index (χ1n) is 7.15. The predicted molar refractivity (Wildman–Crippen MR) is 89.3 cm³/mol. The quantitative estimate of drug-likeness (QED) is 0.668. The SMILES string of the molecule is Clc1cncc(Cc2ccc(OCc3ccccc3)cc2)c1. The van der Waals surface area contributed by atoms with Gasteiger partial charge >= 0.3 is 0 Å². The highest BCUT2D eigenvalue weighted by atomic mass is 35.5. The van der Waals surface area contributed by atoms with Gasteiger partial charge in [-0.25, -0.2) is 0 Å². The van der Waals surface area contributed by atoms with Crippen molar-refractivity contribution in [3.63, 3.8) is 0 Å². The van der Waals surface area contributed by atoms with Gasteiger partial charge in [-0.2, -0.15) is 0 Å². The molecule has 0 unspecified atom stereocenters. The molecule has 0 aliphatic carbocycles. The van der Waals surface area contributed by atoms with Crippen molar-refractivity contribution in [1.29, 1.82) is 0 Å². The van der Waals surface area contributed by atoms with Gasteiger partial charge < -0.3 is 4.74 Å². The van der Waals surface area contributed by atoms with Crippen molar-refractivity contribution in [2.75, 3.05) is 0 Å². The standard InChI is InChI=1S/C19H16ClNO/c20-18-11-17(12-21-13-18)10-15-6-8-19(9-7-15)22-14-16-4-2-1-3-5-16/h1-9,11-13H,10,14H2. The average molecular weight is 310 g/mol. The number of aromatic nitrogens is 1. The number of hydrogen-bond acceptors (Lipinski definition) is 2. The molecule has 3 heteroatoms. The minimum Gasteiger partial charge on any atom is -0.489 e. The molecule has 0 radical (unpaired) electrons. The molecule has 22 heavy (non-hydrogen) atoms. The first kappa shape index (κ1) is 14.6. The fourth-order valence-corrected chi connectivity index (χ4v) is 2.43. The number of nitrogens with zero attached hydrogens (tertiary/aromatic N) is 1. The van der Waals surface area contributed by atoms with Crippen LogP contribution in [0.3, 0.4) is 0 Å². The molecule has 0 N–H and O–H groups in total. The maximum absolute atomic E-state index is 5.95. The highest BCUT2D eigenvalue weighted by Gasteiger charge is 2.00. The van der Waals surface area contributed by atoms with Crippen molar-refractivity contribution in [1.82, 2.24) is 4.98 Å². The van der Waals surface area contributed by atoms with Crippen LogP contribution in [0.25, 0.3) is 0 Å². The van der Waals surface area contributed by atoms with Crippen molar-refractivity contribution in [3.05, 3.63) is 94.8 Å². The van der Waals surface area contributed by atoms with Crippen molar-refractivity contribution in [3.8, 4) is 5.75 Å². The number of ether oxygens (including phenoxy) is 1. The first-order valence-corrected chi connectivity index (χ1v) is 7.52. The van der Waals surface area contributed by atoms with Gasteiger partial charge in [-0.15, -0.1) is 0 Å². The second-order valence-electron chi connectivity index (χ2n) is 5.11. The Kier molecular flexibility index (Phi) is 4.71. The molecule has 2 aromatic carbocycles. The Balaban J connectivity index is 1.60. The molecule has 0 aliphatic heterocycles. The van der Waals surface area contributed by atoms with Gasteiger partial charge in [-0.1, -0.05) is 54.1 Å². The number of pyridine rings is 1. The van der Waals surface area contributed by atoms with Crippen LogP contribution in [0.4, 0.5) is 0 Å². The molecular weight excluding hydrogens is 294 g/mol. The third kappa shape index (κ3) is 4.09. The monoisotopic (exact) mass is 309 g/mol. The molecule has 0 bridgehead atoms. The number of rotatable bonds is 5. The molecule has 1 heterocycles. The number of hydrogen-bond donors (Lipinski definition) is 0. The zero-order valence-corrected chi connectivity index (χ0v) is 12.8. The van der Waals surface area contributed by atoms with E-state index in [9.17, 15) is 0 Å². The van der Waals surface area contributed by atoms with Crippen LogP contribution in [0.1, 0.15) is 16.7 Å². The zero-order valence-electron chi connectivity index (χ0n) is 12.1. The lowest BCUT2D eigenvalue weighted by Gasteiger charge is -2.07. The average Bonchev–Trinajstić information content (AvgIpc) is 2.55.